The maximum atomic E-state index is 12.3. The van der Waals surface area contributed by atoms with E-state index in [0.29, 0.717) is 35.8 Å². The van der Waals surface area contributed by atoms with Gasteiger partial charge < -0.3 is 9.47 Å². The van der Waals surface area contributed by atoms with Crippen molar-refractivity contribution in [1.29, 1.82) is 0 Å². The molecule has 4 nitrogen and oxygen atoms in total. The Kier molecular flexibility index (Phi) is 2.68. The Labute approximate surface area is 124 Å². The normalized spacial score (nSPS) is 16.1. The number of rotatable bonds is 1. The van der Waals surface area contributed by atoms with Gasteiger partial charge in [-0.2, -0.15) is 0 Å². The zero-order valence-electron chi connectivity index (χ0n) is 10.9. The number of thiophene rings is 1. The molecule has 1 aliphatic carbocycles. The molecule has 0 saturated heterocycles. The molecule has 1 aromatic heterocycles. The van der Waals surface area contributed by atoms with Crippen molar-refractivity contribution in [3.05, 3.63) is 51.2 Å². The first-order valence-electron chi connectivity index (χ1n) is 6.53. The van der Waals surface area contributed by atoms with Gasteiger partial charge in [0.1, 0.15) is 13.2 Å². The second kappa shape index (κ2) is 4.56. The van der Waals surface area contributed by atoms with Crippen molar-refractivity contribution in [2.45, 2.75) is 0 Å². The summed E-state index contributed by atoms with van der Waals surface area (Å²) >= 11 is 1.40. The second-order valence-corrected chi connectivity index (χ2v) is 5.66. The Balaban J connectivity index is 1.80. The highest BCUT2D eigenvalue weighted by molar-refractivity contribution is 7.11. The first-order valence-corrected chi connectivity index (χ1v) is 7.41. The number of ketones is 2. The fourth-order valence-corrected chi connectivity index (χ4v) is 3.38. The van der Waals surface area contributed by atoms with Crippen molar-refractivity contribution >= 4 is 29.0 Å². The molecule has 0 radical (unpaired) electrons. The first kappa shape index (κ1) is 12.3. The molecule has 0 saturated carbocycles. The van der Waals surface area contributed by atoms with Crippen LogP contribution in [-0.4, -0.2) is 24.8 Å². The summed E-state index contributed by atoms with van der Waals surface area (Å²) in [7, 11) is 0. The average Bonchev–Trinajstić information content (AvgIpc) is 3.04. The van der Waals surface area contributed by atoms with Gasteiger partial charge in [-0.1, -0.05) is 24.3 Å². The van der Waals surface area contributed by atoms with E-state index in [2.05, 4.69) is 0 Å². The van der Waals surface area contributed by atoms with Gasteiger partial charge in [0.15, 0.2) is 23.1 Å². The smallest absolute Gasteiger partial charge is 0.197 e. The van der Waals surface area contributed by atoms with Crippen LogP contribution in [0.2, 0.25) is 0 Å². The van der Waals surface area contributed by atoms with Crippen LogP contribution in [-0.2, 0) is 0 Å². The van der Waals surface area contributed by atoms with E-state index >= 15 is 0 Å². The Bertz CT molecular complexity index is 763. The van der Waals surface area contributed by atoms with Crippen molar-refractivity contribution in [2.24, 2.45) is 0 Å². The minimum absolute atomic E-state index is 0.190. The standard InChI is InChI=1S/C16H10O4S/c17-14-9-3-1-2-4-10(9)15(18)11(14)7-13-16-12(8-21-13)19-5-6-20-16/h1-4,7-8H,5-6H2. The molecule has 2 heterocycles. The summed E-state index contributed by atoms with van der Waals surface area (Å²) in [5.41, 5.74) is 1.13. The molecule has 4 rings (SSSR count). The predicted octanol–water partition coefficient (Wildman–Crippen LogP) is 2.98. The highest BCUT2D eigenvalue weighted by Crippen LogP contribution is 2.41. The Hall–Kier alpha value is -2.40. The van der Waals surface area contributed by atoms with Crippen LogP contribution < -0.4 is 9.47 Å². The topological polar surface area (TPSA) is 52.6 Å². The number of benzene rings is 1. The van der Waals surface area contributed by atoms with E-state index in [0.717, 1.165) is 4.88 Å². The van der Waals surface area contributed by atoms with Crippen LogP contribution in [0.25, 0.3) is 6.08 Å². The largest absolute Gasteiger partial charge is 0.485 e. The molecular formula is C16H10O4S. The molecule has 0 unspecified atom stereocenters. The molecule has 2 aromatic rings. The summed E-state index contributed by atoms with van der Waals surface area (Å²) in [5, 5.41) is 1.83. The van der Waals surface area contributed by atoms with E-state index in [1.807, 2.05) is 5.38 Å². The van der Waals surface area contributed by atoms with Crippen LogP contribution >= 0.6 is 11.3 Å². The summed E-state index contributed by atoms with van der Waals surface area (Å²) in [4.78, 5) is 25.4. The molecule has 0 N–H and O–H groups in total. The van der Waals surface area contributed by atoms with Gasteiger partial charge >= 0.3 is 0 Å². The van der Waals surface area contributed by atoms with Crippen molar-refractivity contribution in [2.75, 3.05) is 13.2 Å². The number of fused-ring (bicyclic) bond motifs is 2. The molecule has 1 aliphatic heterocycles. The van der Waals surface area contributed by atoms with Gasteiger partial charge in [0.25, 0.3) is 0 Å². The van der Waals surface area contributed by atoms with E-state index in [9.17, 15) is 9.59 Å². The summed E-state index contributed by atoms with van der Waals surface area (Å²) in [5.74, 6) is 0.841. The number of hydrogen-bond acceptors (Lipinski definition) is 5. The quantitative estimate of drug-likeness (QED) is 0.600. The predicted molar refractivity (Wildman–Crippen MR) is 78.4 cm³/mol. The van der Waals surface area contributed by atoms with E-state index in [4.69, 9.17) is 9.47 Å². The van der Waals surface area contributed by atoms with E-state index in [1.54, 1.807) is 30.3 Å². The Morgan fingerprint density at radius 3 is 2.38 bits per heavy atom. The first-order chi connectivity index (χ1) is 10.3. The summed E-state index contributed by atoms with van der Waals surface area (Å²) in [6.07, 6.45) is 1.61. The number of carbonyl (C=O) groups is 2. The SMILES string of the molecule is O=C1C(=Cc2scc3c2OCCO3)C(=O)c2ccccc21. The van der Waals surface area contributed by atoms with Gasteiger partial charge in [0.2, 0.25) is 0 Å². The highest BCUT2D eigenvalue weighted by atomic mass is 32.1. The lowest BCUT2D eigenvalue weighted by Crippen LogP contribution is -2.14. The van der Waals surface area contributed by atoms with Gasteiger partial charge in [-0.3, -0.25) is 9.59 Å². The van der Waals surface area contributed by atoms with Crippen molar-refractivity contribution in [3.8, 4) is 11.5 Å². The maximum absolute atomic E-state index is 12.3. The Morgan fingerprint density at radius 2 is 1.67 bits per heavy atom. The van der Waals surface area contributed by atoms with E-state index < -0.39 is 0 Å². The van der Waals surface area contributed by atoms with Crippen LogP contribution in [0.5, 0.6) is 11.5 Å². The molecule has 5 heteroatoms. The molecule has 21 heavy (non-hydrogen) atoms. The molecule has 0 fully saturated rings. The van der Waals surface area contributed by atoms with Crippen LogP contribution in [0.3, 0.4) is 0 Å². The zero-order chi connectivity index (χ0) is 14.4. The molecule has 0 atom stereocenters. The number of allylic oxidation sites excluding steroid dienone is 1. The lowest BCUT2D eigenvalue weighted by atomic mass is 10.1. The van der Waals surface area contributed by atoms with Crippen LogP contribution in [0.1, 0.15) is 25.6 Å². The lowest BCUT2D eigenvalue weighted by Gasteiger charge is -2.15. The van der Waals surface area contributed by atoms with Crippen molar-refractivity contribution < 1.29 is 19.1 Å². The van der Waals surface area contributed by atoms with Crippen LogP contribution in [0.15, 0.2) is 35.2 Å². The molecule has 0 spiro atoms. The molecule has 0 amide bonds. The number of hydrogen-bond donors (Lipinski definition) is 0. The minimum Gasteiger partial charge on any atom is -0.485 e. The maximum Gasteiger partial charge on any atom is 0.197 e. The monoisotopic (exact) mass is 298 g/mol. The molecule has 104 valence electrons. The van der Waals surface area contributed by atoms with E-state index in [-0.39, 0.29) is 17.1 Å². The van der Waals surface area contributed by atoms with Gasteiger partial charge in [0.05, 0.1) is 10.5 Å². The highest BCUT2D eigenvalue weighted by Gasteiger charge is 2.33. The lowest BCUT2D eigenvalue weighted by molar-refractivity contribution is 0.0990. The fourth-order valence-electron chi connectivity index (χ4n) is 2.52. The van der Waals surface area contributed by atoms with Crippen molar-refractivity contribution in [1.82, 2.24) is 0 Å². The second-order valence-electron chi connectivity index (χ2n) is 4.75. The number of Topliss-reactive ketones (excluding diaryl/α,β-unsaturated/α-hetero) is 2. The van der Waals surface area contributed by atoms with Crippen molar-refractivity contribution in [3.63, 3.8) is 0 Å². The van der Waals surface area contributed by atoms with E-state index in [1.165, 1.54) is 11.3 Å². The zero-order valence-corrected chi connectivity index (χ0v) is 11.7. The minimum atomic E-state index is -0.227. The average molecular weight is 298 g/mol. The van der Waals surface area contributed by atoms with Gasteiger partial charge in [-0.05, 0) is 6.08 Å². The van der Waals surface area contributed by atoms with Gasteiger partial charge in [-0.15, -0.1) is 11.3 Å². The van der Waals surface area contributed by atoms with Crippen LogP contribution in [0, 0.1) is 0 Å². The third-order valence-corrected chi connectivity index (χ3v) is 4.40. The third kappa shape index (κ3) is 1.81. The summed E-state index contributed by atoms with van der Waals surface area (Å²) in [6, 6.07) is 6.88. The number of carbonyl (C=O) groups excluding carboxylic acids is 2. The summed E-state index contributed by atoms with van der Waals surface area (Å²) in [6.45, 7) is 0.991. The van der Waals surface area contributed by atoms with Crippen LogP contribution in [0.4, 0.5) is 0 Å². The molecule has 1 aromatic carbocycles. The molecule has 2 aliphatic rings. The fraction of sp³-hybridized carbons (Fsp3) is 0.125. The Morgan fingerprint density at radius 1 is 1.00 bits per heavy atom. The summed E-state index contributed by atoms with van der Waals surface area (Å²) < 4.78 is 11.0. The third-order valence-electron chi connectivity index (χ3n) is 3.51. The van der Waals surface area contributed by atoms with Gasteiger partial charge in [-0.25, -0.2) is 0 Å². The molecule has 0 bridgehead atoms. The van der Waals surface area contributed by atoms with Gasteiger partial charge in [0, 0.05) is 16.5 Å². The number of ether oxygens (including phenoxy) is 2. The molecular weight excluding hydrogens is 288 g/mol.